The molecule has 0 aliphatic carbocycles. The van der Waals surface area contributed by atoms with E-state index in [0.29, 0.717) is 18.3 Å². The number of ether oxygens (including phenoxy) is 1. The molecule has 0 amide bonds. The average molecular weight is 300 g/mol. The van der Waals surface area contributed by atoms with Gasteiger partial charge in [-0.15, -0.1) is 11.8 Å². The van der Waals surface area contributed by atoms with Crippen LogP contribution in [-0.2, 0) is 9.53 Å². The van der Waals surface area contributed by atoms with E-state index < -0.39 is 0 Å². The highest BCUT2D eigenvalue weighted by Crippen LogP contribution is 2.16. The Hall–Kier alpha value is -1.93. The zero-order valence-electron chi connectivity index (χ0n) is 14.3. The van der Waals surface area contributed by atoms with E-state index in [1.165, 1.54) is 7.11 Å². The highest BCUT2D eigenvalue weighted by Gasteiger charge is 2.06. The number of methoxy groups -OCH3 is 1. The second-order valence-electron chi connectivity index (χ2n) is 5.39. The van der Waals surface area contributed by atoms with E-state index in [1.54, 1.807) is 0 Å². The summed E-state index contributed by atoms with van der Waals surface area (Å²) in [6, 6.07) is 0. The highest BCUT2D eigenvalue weighted by atomic mass is 16.5. The second kappa shape index (κ2) is 14.0. The first-order valence-electron chi connectivity index (χ1n) is 7.90. The molecule has 0 spiro atoms. The van der Waals surface area contributed by atoms with Gasteiger partial charge in [0.15, 0.2) is 0 Å². The third kappa shape index (κ3) is 11.9. The quantitative estimate of drug-likeness (QED) is 0.285. The molecule has 0 bridgehead atoms. The Morgan fingerprint density at radius 2 is 1.95 bits per heavy atom. The van der Waals surface area contributed by atoms with Gasteiger partial charge in [-0.05, 0) is 37.7 Å². The van der Waals surface area contributed by atoms with Crippen molar-refractivity contribution in [2.24, 2.45) is 11.8 Å². The second-order valence-corrected chi connectivity index (χ2v) is 5.39. The molecule has 0 aliphatic rings. The van der Waals surface area contributed by atoms with Crippen LogP contribution in [0.4, 0.5) is 0 Å². The maximum Gasteiger partial charge on any atom is 0.305 e. The highest BCUT2D eigenvalue weighted by molar-refractivity contribution is 5.68. The van der Waals surface area contributed by atoms with E-state index in [1.807, 2.05) is 25.2 Å². The standard InChI is InChI=1S/C20H28O2/c1-5-6-15-19(18(2)3)16-13-11-9-7-8-10-12-14-17-20(21)22-4/h9,11,13,16,18-19H,10,12,14-15,17H2,1-4H3. The van der Waals surface area contributed by atoms with Crippen LogP contribution in [0, 0.1) is 35.5 Å². The van der Waals surface area contributed by atoms with Gasteiger partial charge in [0.05, 0.1) is 7.11 Å². The number of hydrogen-bond donors (Lipinski definition) is 0. The summed E-state index contributed by atoms with van der Waals surface area (Å²) in [6.07, 6.45) is 12.0. The molecule has 2 nitrogen and oxygen atoms in total. The molecular formula is C20H28O2. The monoisotopic (exact) mass is 300 g/mol. The SMILES string of the molecule is CC#CCC(C=CC=CC#CCCCCC(=O)OC)C(C)C. The average Bonchev–Trinajstić information content (AvgIpc) is 2.51. The van der Waals surface area contributed by atoms with Crippen LogP contribution in [0.25, 0.3) is 0 Å². The largest absolute Gasteiger partial charge is 0.469 e. The van der Waals surface area contributed by atoms with Crippen molar-refractivity contribution in [3.8, 4) is 23.7 Å². The lowest BCUT2D eigenvalue weighted by atomic mass is 9.92. The predicted molar refractivity (Wildman–Crippen MR) is 92.9 cm³/mol. The van der Waals surface area contributed by atoms with Gasteiger partial charge in [-0.25, -0.2) is 0 Å². The van der Waals surface area contributed by atoms with Gasteiger partial charge in [-0.1, -0.05) is 43.9 Å². The Balaban J connectivity index is 3.97. The molecule has 22 heavy (non-hydrogen) atoms. The van der Waals surface area contributed by atoms with Gasteiger partial charge in [0.1, 0.15) is 0 Å². The summed E-state index contributed by atoms with van der Waals surface area (Å²) in [5, 5.41) is 0. The van der Waals surface area contributed by atoms with Gasteiger partial charge in [0, 0.05) is 19.3 Å². The van der Waals surface area contributed by atoms with E-state index >= 15 is 0 Å². The van der Waals surface area contributed by atoms with Gasteiger partial charge in [-0.3, -0.25) is 4.79 Å². The number of esters is 1. The number of carbonyl (C=O) groups excluding carboxylic acids is 1. The summed E-state index contributed by atoms with van der Waals surface area (Å²) in [5.41, 5.74) is 0. The lowest BCUT2D eigenvalue weighted by Crippen LogP contribution is -2.03. The summed E-state index contributed by atoms with van der Waals surface area (Å²) in [7, 11) is 1.42. The van der Waals surface area contributed by atoms with Crippen LogP contribution < -0.4 is 0 Å². The molecule has 0 saturated heterocycles. The lowest BCUT2D eigenvalue weighted by molar-refractivity contribution is -0.140. The van der Waals surface area contributed by atoms with Crippen LogP contribution >= 0.6 is 0 Å². The number of rotatable bonds is 8. The maximum absolute atomic E-state index is 10.9. The van der Waals surface area contributed by atoms with Crippen molar-refractivity contribution in [3.63, 3.8) is 0 Å². The molecule has 0 aromatic heterocycles. The zero-order chi connectivity index (χ0) is 16.6. The van der Waals surface area contributed by atoms with Crippen molar-refractivity contribution in [2.75, 3.05) is 7.11 Å². The van der Waals surface area contributed by atoms with Crippen LogP contribution in [0.15, 0.2) is 24.3 Å². The third-order valence-electron chi connectivity index (χ3n) is 3.28. The maximum atomic E-state index is 10.9. The fourth-order valence-corrected chi connectivity index (χ4v) is 1.77. The van der Waals surface area contributed by atoms with Crippen molar-refractivity contribution in [3.05, 3.63) is 24.3 Å². The molecular weight excluding hydrogens is 272 g/mol. The summed E-state index contributed by atoms with van der Waals surface area (Å²) >= 11 is 0. The topological polar surface area (TPSA) is 26.3 Å². The predicted octanol–water partition coefficient (Wildman–Crippen LogP) is 4.52. The minimum absolute atomic E-state index is 0.148. The molecule has 0 fully saturated rings. The number of carbonyl (C=O) groups is 1. The van der Waals surface area contributed by atoms with Crippen LogP contribution in [0.3, 0.4) is 0 Å². The van der Waals surface area contributed by atoms with Gasteiger partial charge in [0.2, 0.25) is 0 Å². The molecule has 2 heteroatoms. The molecule has 0 aliphatic heterocycles. The normalized spacial score (nSPS) is 11.9. The van der Waals surface area contributed by atoms with Crippen LogP contribution in [0.1, 0.15) is 52.9 Å². The number of allylic oxidation sites excluding steroid dienone is 4. The third-order valence-corrected chi connectivity index (χ3v) is 3.28. The minimum Gasteiger partial charge on any atom is -0.469 e. The first-order chi connectivity index (χ1) is 10.6. The molecule has 0 heterocycles. The molecule has 0 aromatic carbocycles. The fraction of sp³-hybridized carbons (Fsp3) is 0.550. The van der Waals surface area contributed by atoms with Crippen molar-refractivity contribution in [1.82, 2.24) is 0 Å². The van der Waals surface area contributed by atoms with E-state index in [9.17, 15) is 4.79 Å². The van der Waals surface area contributed by atoms with Crippen molar-refractivity contribution in [1.29, 1.82) is 0 Å². The molecule has 0 aromatic rings. The van der Waals surface area contributed by atoms with Crippen molar-refractivity contribution >= 4 is 5.97 Å². The van der Waals surface area contributed by atoms with E-state index in [-0.39, 0.29) is 5.97 Å². The van der Waals surface area contributed by atoms with Gasteiger partial charge >= 0.3 is 5.97 Å². The van der Waals surface area contributed by atoms with E-state index in [0.717, 1.165) is 25.7 Å². The Labute approximate surface area is 136 Å². The fourth-order valence-electron chi connectivity index (χ4n) is 1.77. The van der Waals surface area contributed by atoms with Gasteiger partial charge in [0.25, 0.3) is 0 Å². The molecule has 0 rings (SSSR count). The van der Waals surface area contributed by atoms with E-state index in [2.05, 4.69) is 48.3 Å². The Bertz CT molecular complexity index is 475. The first-order valence-corrected chi connectivity index (χ1v) is 7.90. The van der Waals surface area contributed by atoms with Crippen LogP contribution in [0.5, 0.6) is 0 Å². The van der Waals surface area contributed by atoms with Crippen molar-refractivity contribution < 1.29 is 9.53 Å². The summed E-state index contributed by atoms with van der Waals surface area (Å²) in [6.45, 7) is 6.30. The summed E-state index contributed by atoms with van der Waals surface area (Å²) in [4.78, 5) is 10.9. The van der Waals surface area contributed by atoms with Gasteiger partial charge in [-0.2, -0.15) is 0 Å². The molecule has 120 valence electrons. The molecule has 0 saturated carbocycles. The van der Waals surface area contributed by atoms with Crippen LogP contribution in [-0.4, -0.2) is 13.1 Å². The molecule has 1 unspecified atom stereocenters. The van der Waals surface area contributed by atoms with Crippen molar-refractivity contribution in [2.45, 2.75) is 52.9 Å². The Morgan fingerprint density at radius 1 is 1.18 bits per heavy atom. The first kappa shape index (κ1) is 20.1. The minimum atomic E-state index is -0.148. The Morgan fingerprint density at radius 3 is 2.59 bits per heavy atom. The Kier molecular flexibility index (Phi) is 12.8. The summed E-state index contributed by atoms with van der Waals surface area (Å²) < 4.78 is 4.58. The zero-order valence-corrected chi connectivity index (χ0v) is 14.3. The van der Waals surface area contributed by atoms with Gasteiger partial charge < -0.3 is 4.74 Å². The molecule has 0 N–H and O–H groups in total. The van der Waals surface area contributed by atoms with Crippen LogP contribution in [0.2, 0.25) is 0 Å². The number of hydrogen-bond acceptors (Lipinski definition) is 2. The smallest absolute Gasteiger partial charge is 0.305 e. The lowest BCUT2D eigenvalue weighted by Gasteiger charge is -2.12. The molecule has 1 atom stereocenters. The number of unbranched alkanes of at least 4 members (excludes halogenated alkanes) is 2. The molecule has 0 radical (unpaired) electrons. The van der Waals surface area contributed by atoms with E-state index in [4.69, 9.17) is 0 Å². The summed E-state index contributed by atoms with van der Waals surface area (Å²) in [5.74, 6) is 13.1.